The number of aliphatic imine (C=N–C) groups is 1. The molecule has 30 heavy (non-hydrogen) atoms. The first-order chi connectivity index (χ1) is 14.8. The Morgan fingerprint density at radius 2 is 1.57 bits per heavy atom. The molecule has 5 rings (SSSR count). The van der Waals surface area contributed by atoms with Crippen molar-refractivity contribution in [1.82, 2.24) is 10.6 Å². The largest absolute Gasteiger partial charge is 0.368 e. The maximum absolute atomic E-state index is 13.0. The van der Waals surface area contributed by atoms with Gasteiger partial charge in [0.2, 0.25) is 0 Å². The van der Waals surface area contributed by atoms with E-state index in [1.54, 1.807) is 18.0 Å². The molecule has 0 saturated heterocycles. The fraction of sp³-hybridized carbons (Fsp3) is 0.0833. The minimum Gasteiger partial charge on any atom is -0.368 e. The van der Waals surface area contributed by atoms with Crippen LogP contribution in [0.5, 0.6) is 0 Å². The number of nitrogens with one attached hydrogen (secondary N) is 3. The van der Waals surface area contributed by atoms with E-state index in [1.165, 1.54) is 0 Å². The monoisotopic (exact) mass is 412 g/mol. The number of carbonyl (C=O) groups excluding carboxylic acids is 1. The lowest BCUT2D eigenvalue weighted by Crippen LogP contribution is -2.41. The molecule has 2 unspecified atom stereocenters. The highest BCUT2D eigenvalue weighted by Gasteiger charge is 2.30. The van der Waals surface area contributed by atoms with Gasteiger partial charge in [-0.3, -0.25) is 9.79 Å². The fourth-order valence-corrected chi connectivity index (χ4v) is 4.64. The minimum atomic E-state index is -0.527. The summed E-state index contributed by atoms with van der Waals surface area (Å²) in [5.41, 5.74) is 4.82. The molecule has 0 radical (unpaired) electrons. The van der Waals surface area contributed by atoms with Gasteiger partial charge in [-0.05, 0) is 17.7 Å². The molecule has 1 amide bonds. The molecule has 0 aromatic heterocycles. The van der Waals surface area contributed by atoms with Crippen molar-refractivity contribution in [2.45, 2.75) is 11.4 Å². The number of anilines is 1. The molecule has 2 aliphatic rings. The number of thioether (sulfide) groups is 1. The number of hydrogen-bond donors (Lipinski definition) is 3. The van der Waals surface area contributed by atoms with Crippen LogP contribution in [0.2, 0.25) is 0 Å². The van der Waals surface area contributed by atoms with Gasteiger partial charge in [0.25, 0.3) is 5.91 Å². The molecule has 2 heterocycles. The smallest absolute Gasteiger partial charge is 0.252 e. The molecule has 2 aliphatic heterocycles. The van der Waals surface area contributed by atoms with E-state index in [0.29, 0.717) is 0 Å². The predicted molar refractivity (Wildman–Crippen MR) is 123 cm³/mol. The van der Waals surface area contributed by atoms with Crippen LogP contribution < -0.4 is 16.0 Å². The standard InChI is InChI=1S/C24H20N4OS/c29-22(20-15-25-18-13-7-8-14-19(18)26-20)28-24-21(16-9-3-1-4-10-16)27-23(30-24)17-11-5-2-6-12-17/h1-15,20,23,26-27H,(H,28,29). The molecule has 0 fully saturated rings. The Bertz CT molecular complexity index is 1130. The maximum Gasteiger partial charge on any atom is 0.252 e. The van der Waals surface area contributed by atoms with Crippen LogP contribution in [0.4, 0.5) is 11.4 Å². The zero-order valence-electron chi connectivity index (χ0n) is 16.1. The highest BCUT2D eigenvalue weighted by molar-refractivity contribution is 8.03. The Balaban J connectivity index is 1.39. The second-order valence-electron chi connectivity index (χ2n) is 7.03. The van der Waals surface area contributed by atoms with Crippen molar-refractivity contribution in [3.05, 3.63) is 101 Å². The Labute approximate surface area is 179 Å². The molecular weight excluding hydrogens is 392 g/mol. The van der Waals surface area contributed by atoms with Crippen molar-refractivity contribution in [3.63, 3.8) is 0 Å². The van der Waals surface area contributed by atoms with Gasteiger partial charge in [0, 0.05) is 11.8 Å². The van der Waals surface area contributed by atoms with Gasteiger partial charge in [-0.25, -0.2) is 0 Å². The third-order valence-corrected chi connectivity index (χ3v) is 6.17. The third kappa shape index (κ3) is 3.69. The number of para-hydroxylation sites is 2. The van der Waals surface area contributed by atoms with Gasteiger partial charge < -0.3 is 16.0 Å². The van der Waals surface area contributed by atoms with Crippen molar-refractivity contribution in [3.8, 4) is 0 Å². The van der Waals surface area contributed by atoms with Gasteiger partial charge in [-0.1, -0.05) is 84.6 Å². The van der Waals surface area contributed by atoms with Gasteiger partial charge in [-0.2, -0.15) is 0 Å². The number of hydrogen-bond acceptors (Lipinski definition) is 5. The molecule has 148 valence electrons. The second-order valence-corrected chi connectivity index (χ2v) is 8.14. The summed E-state index contributed by atoms with van der Waals surface area (Å²) in [7, 11) is 0. The summed E-state index contributed by atoms with van der Waals surface area (Å²) >= 11 is 1.61. The number of carbonyl (C=O) groups is 1. The van der Waals surface area contributed by atoms with E-state index in [-0.39, 0.29) is 11.3 Å². The molecule has 2 atom stereocenters. The first-order valence-electron chi connectivity index (χ1n) is 9.76. The van der Waals surface area contributed by atoms with E-state index in [9.17, 15) is 4.79 Å². The average molecular weight is 413 g/mol. The van der Waals surface area contributed by atoms with Crippen LogP contribution in [0.15, 0.2) is 95.0 Å². The Hall–Kier alpha value is -3.51. The third-order valence-electron chi connectivity index (χ3n) is 5.00. The molecule has 0 aliphatic carbocycles. The molecule has 0 spiro atoms. The van der Waals surface area contributed by atoms with Crippen LogP contribution in [0.3, 0.4) is 0 Å². The summed E-state index contributed by atoms with van der Waals surface area (Å²) in [4.78, 5) is 17.5. The number of rotatable bonds is 4. The highest BCUT2D eigenvalue weighted by Crippen LogP contribution is 2.42. The van der Waals surface area contributed by atoms with E-state index in [1.807, 2.05) is 72.8 Å². The van der Waals surface area contributed by atoms with Crippen LogP contribution in [0.1, 0.15) is 16.5 Å². The van der Waals surface area contributed by atoms with E-state index in [4.69, 9.17) is 0 Å². The lowest BCUT2D eigenvalue weighted by atomic mass is 10.1. The quantitative estimate of drug-likeness (QED) is 0.583. The summed E-state index contributed by atoms with van der Waals surface area (Å²) in [5.74, 6) is -0.139. The second kappa shape index (κ2) is 8.08. The first kappa shape index (κ1) is 18.5. The van der Waals surface area contributed by atoms with Crippen molar-refractivity contribution < 1.29 is 4.79 Å². The van der Waals surface area contributed by atoms with Crippen LogP contribution >= 0.6 is 11.8 Å². The number of amides is 1. The molecule has 0 saturated carbocycles. The summed E-state index contributed by atoms with van der Waals surface area (Å²) in [6.07, 6.45) is 1.65. The van der Waals surface area contributed by atoms with Crippen molar-refractivity contribution in [2.24, 2.45) is 4.99 Å². The Kier molecular flexibility index (Phi) is 4.99. The molecule has 0 bridgehead atoms. The summed E-state index contributed by atoms with van der Waals surface area (Å²) in [6, 6.07) is 27.5. The van der Waals surface area contributed by atoms with Gasteiger partial charge in [0.15, 0.2) is 0 Å². The van der Waals surface area contributed by atoms with Crippen LogP contribution in [0, 0.1) is 0 Å². The zero-order valence-corrected chi connectivity index (χ0v) is 16.9. The molecule has 3 aromatic rings. The highest BCUT2D eigenvalue weighted by atomic mass is 32.2. The molecule has 3 N–H and O–H groups in total. The number of nitrogens with zero attached hydrogens (tertiary/aromatic N) is 1. The number of benzene rings is 3. The van der Waals surface area contributed by atoms with Crippen molar-refractivity contribution >= 4 is 41.0 Å². The molecule has 5 nitrogen and oxygen atoms in total. The molecule has 3 aromatic carbocycles. The molecule has 6 heteroatoms. The van der Waals surface area contributed by atoms with Gasteiger partial charge in [0.05, 0.1) is 17.1 Å². The zero-order chi connectivity index (χ0) is 20.3. The topological polar surface area (TPSA) is 65.5 Å². The van der Waals surface area contributed by atoms with Crippen molar-refractivity contribution in [1.29, 1.82) is 0 Å². The lowest BCUT2D eigenvalue weighted by molar-refractivity contribution is -0.119. The fourth-order valence-electron chi connectivity index (χ4n) is 3.48. The van der Waals surface area contributed by atoms with E-state index >= 15 is 0 Å². The Morgan fingerprint density at radius 3 is 2.37 bits per heavy atom. The maximum atomic E-state index is 13.0. The van der Waals surface area contributed by atoms with E-state index in [0.717, 1.165) is 33.2 Å². The lowest BCUT2D eigenvalue weighted by Gasteiger charge is -2.21. The van der Waals surface area contributed by atoms with Gasteiger partial charge >= 0.3 is 0 Å². The van der Waals surface area contributed by atoms with Gasteiger partial charge in [-0.15, -0.1) is 0 Å². The van der Waals surface area contributed by atoms with Crippen LogP contribution in [-0.4, -0.2) is 18.2 Å². The average Bonchev–Trinajstić information content (AvgIpc) is 3.23. The van der Waals surface area contributed by atoms with E-state index < -0.39 is 6.04 Å². The van der Waals surface area contributed by atoms with Crippen molar-refractivity contribution in [2.75, 3.05) is 5.32 Å². The first-order valence-corrected chi connectivity index (χ1v) is 10.6. The Morgan fingerprint density at radius 1 is 0.867 bits per heavy atom. The summed E-state index contributed by atoms with van der Waals surface area (Å²) < 4.78 is 0. The van der Waals surface area contributed by atoms with Gasteiger partial charge in [0.1, 0.15) is 16.4 Å². The number of fused-ring (bicyclic) bond motifs is 1. The SMILES string of the molecule is O=C(NC1=C(c2ccccc2)NC(c2ccccc2)S1)C1C=Nc2ccccc2N1. The van der Waals surface area contributed by atoms with Crippen LogP contribution in [0.25, 0.3) is 5.70 Å². The molecular formula is C24H20N4OS. The van der Waals surface area contributed by atoms with Crippen LogP contribution in [-0.2, 0) is 4.79 Å². The normalized spacial score (nSPS) is 19.6. The predicted octanol–water partition coefficient (Wildman–Crippen LogP) is 4.66. The summed E-state index contributed by atoms with van der Waals surface area (Å²) in [5, 5.41) is 10.8. The minimum absolute atomic E-state index is 0.0328. The summed E-state index contributed by atoms with van der Waals surface area (Å²) in [6.45, 7) is 0. The van der Waals surface area contributed by atoms with E-state index in [2.05, 4.69) is 33.1 Å².